The van der Waals surface area contributed by atoms with Gasteiger partial charge in [0.2, 0.25) is 16.0 Å². The third-order valence-electron chi connectivity index (χ3n) is 2.60. The van der Waals surface area contributed by atoms with Gasteiger partial charge in [-0.25, -0.2) is 4.79 Å². The van der Waals surface area contributed by atoms with E-state index >= 15 is 0 Å². The van der Waals surface area contributed by atoms with Crippen molar-refractivity contribution >= 4 is 34.1 Å². The Bertz CT molecular complexity index is 747. The maximum absolute atomic E-state index is 12.4. The van der Waals surface area contributed by atoms with Crippen molar-refractivity contribution in [2.24, 2.45) is 0 Å². The number of aryl methyl sites for hydroxylation is 1. The number of urea groups is 1. The number of nitrogens with zero attached hydrogens (tertiary/aromatic N) is 2. The number of alkyl halides is 3. The second-order valence-electron chi connectivity index (χ2n) is 4.64. The Morgan fingerprint density at radius 2 is 1.96 bits per heavy atom. The fourth-order valence-corrected chi connectivity index (χ4v) is 2.24. The van der Waals surface area contributed by atoms with Crippen LogP contribution in [0, 0.1) is 6.92 Å². The first kappa shape index (κ1) is 17.7. The van der Waals surface area contributed by atoms with Crippen molar-refractivity contribution in [3.63, 3.8) is 0 Å². The minimum absolute atomic E-state index is 0.199. The number of rotatable bonds is 4. The zero-order chi connectivity index (χ0) is 17.7. The first-order valence-corrected chi connectivity index (χ1v) is 7.38. The molecule has 0 aliphatic carbocycles. The monoisotopic (exact) mass is 359 g/mol. The number of amides is 3. The van der Waals surface area contributed by atoms with Gasteiger partial charge in [0, 0.05) is 5.69 Å². The van der Waals surface area contributed by atoms with Crippen molar-refractivity contribution in [1.82, 2.24) is 15.5 Å². The van der Waals surface area contributed by atoms with Crippen LogP contribution in [0.2, 0.25) is 0 Å². The first-order valence-electron chi connectivity index (χ1n) is 6.56. The fraction of sp³-hybridized carbons (Fsp3) is 0.231. The molecule has 24 heavy (non-hydrogen) atoms. The van der Waals surface area contributed by atoms with Crippen LogP contribution in [-0.2, 0) is 11.0 Å². The molecule has 3 amide bonds. The van der Waals surface area contributed by atoms with Crippen molar-refractivity contribution in [3.8, 4) is 0 Å². The number of nitrogens with one attached hydrogen (secondary N) is 3. The summed E-state index contributed by atoms with van der Waals surface area (Å²) in [6, 6.07) is 6.40. The van der Waals surface area contributed by atoms with Gasteiger partial charge in [-0.05, 0) is 24.6 Å². The molecular formula is C13H12F3N5O2S. The van der Waals surface area contributed by atoms with Crippen molar-refractivity contribution in [2.45, 2.75) is 13.1 Å². The summed E-state index contributed by atoms with van der Waals surface area (Å²) in [5.74, 6) is -0.723. The van der Waals surface area contributed by atoms with Gasteiger partial charge in [-0.15, -0.1) is 10.2 Å². The third kappa shape index (κ3) is 5.19. The molecule has 0 atom stereocenters. The number of halogens is 3. The molecule has 1 aromatic heterocycles. The van der Waals surface area contributed by atoms with Crippen LogP contribution in [0.15, 0.2) is 24.3 Å². The predicted molar refractivity (Wildman–Crippen MR) is 81.7 cm³/mol. The second kappa shape index (κ2) is 7.25. The zero-order valence-corrected chi connectivity index (χ0v) is 13.1. The number of carbonyl (C=O) groups is 2. The Hall–Kier alpha value is -2.69. The number of hydrogen-bond donors (Lipinski definition) is 3. The third-order valence-corrected chi connectivity index (χ3v) is 3.48. The van der Waals surface area contributed by atoms with Crippen LogP contribution in [-0.4, -0.2) is 28.7 Å². The average Bonchev–Trinajstić information content (AvgIpc) is 2.94. The Morgan fingerprint density at radius 3 is 2.58 bits per heavy atom. The van der Waals surface area contributed by atoms with Gasteiger partial charge in [-0.2, -0.15) is 13.2 Å². The molecule has 0 unspecified atom stereocenters. The van der Waals surface area contributed by atoms with Crippen molar-refractivity contribution in [2.75, 3.05) is 17.2 Å². The van der Waals surface area contributed by atoms with E-state index in [0.29, 0.717) is 5.69 Å². The van der Waals surface area contributed by atoms with Gasteiger partial charge in [0.1, 0.15) is 0 Å². The van der Waals surface area contributed by atoms with Gasteiger partial charge in [0.05, 0.1) is 6.54 Å². The van der Waals surface area contributed by atoms with E-state index in [9.17, 15) is 22.8 Å². The summed E-state index contributed by atoms with van der Waals surface area (Å²) >= 11 is 0.199. The highest BCUT2D eigenvalue weighted by atomic mass is 32.1. The van der Waals surface area contributed by atoms with Crippen LogP contribution >= 0.6 is 11.3 Å². The summed E-state index contributed by atoms with van der Waals surface area (Å²) in [5, 5.41) is 11.6. The lowest BCUT2D eigenvalue weighted by atomic mass is 10.2. The molecule has 0 saturated heterocycles. The molecule has 11 heteroatoms. The summed E-state index contributed by atoms with van der Waals surface area (Å²) in [6.07, 6.45) is -4.62. The maximum atomic E-state index is 12.4. The number of hydrogen-bond acceptors (Lipinski definition) is 5. The average molecular weight is 359 g/mol. The number of aromatic nitrogens is 2. The zero-order valence-electron chi connectivity index (χ0n) is 12.3. The quantitative estimate of drug-likeness (QED) is 0.782. The Balaban J connectivity index is 1.80. The van der Waals surface area contributed by atoms with Crippen LogP contribution < -0.4 is 16.0 Å². The van der Waals surface area contributed by atoms with Crippen molar-refractivity contribution in [1.29, 1.82) is 0 Å². The van der Waals surface area contributed by atoms with Gasteiger partial charge in [0.15, 0.2) is 0 Å². The van der Waals surface area contributed by atoms with Crippen LogP contribution in [0.4, 0.5) is 28.8 Å². The van der Waals surface area contributed by atoms with Crippen LogP contribution in [0.3, 0.4) is 0 Å². The van der Waals surface area contributed by atoms with E-state index in [0.717, 1.165) is 5.56 Å². The molecule has 7 nitrogen and oxygen atoms in total. The summed E-state index contributed by atoms with van der Waals surface area (Å²) < 4.78 is 37.1. The first-order chi connectivity index (χ1) is 11.2. The standard InChI is InChI=1S/C13H12F3N5O2S/c1-7-3-2-4-8(5-7)18-11(23)17-6-9(22)19-12-21-20-10(24-12)13(14,15)16/h2-5H,6H2,1H3,(H2,17,18,23)(H,19,21,22). The normalized spacial score (nSPS) is 11.0. The molecule has 0 aliphatic rings. The summed E-state index contributed by atoms with van der Waals surface area (Å²) in [7, 11) is 0. The molecule has 0 fully saturated rings. The Labute approximate surface area is 138 Å². The lowest BCUT2D eigenvalue weighted by Gasteiger charge is -2.07. The van der Waals surface area contributed by atoms with Crippen molar-refractivity contribution < 1.29 is 22.8 Å². The molecule has 0 bridgehead atoms. The molecule has 0 saturated carbocycles. The molecule has 0 aliphatic heterocycles. The minimum atomic E-state index is -4.62. The molecule has 2 rings (SSSR count). The van der Waals surface area contributed by atoms with E-state index in [1.165, 1.54) is 0 Å². The highest BCUT2D eigenvalue weighted by molar-refractivity contribution is 7.15. The van der Waals surface area contributed by atoms with E-state index in [2.05, 4.69) is 26.1 Å². The highest BCUT2D eigenvalue weighted by Crippen LogP contribution is 2.32. The molecular weight excluding hydrogens is 347 g/mol. The van der Waals surface area contributed by atoms with E-state index in [1.807, 2.05) is 13.0 Å². The Kier molecular flexibility index (Phi) is 5.34. The van der Waals surface area contributed by atoms with E-state index < -0.39 is 29.7 Å². The van der Waals surface area contributed by atoms with Crippen LogP contribution in [0.25, 0.3) is 0 Å². The van der Waals surface area contributed by atoms with Gasteiger partial charge < -0.3 is 10.6 Å². The minimum Gasteiger partial charge on any atom is -0.329 e. The molecule has 1 heterocycles. The summed E-state index contributed by atoms with van der Waals surface area (Å²) in [5.41, 5.74) is 1.49. The Morgan fingerprint density at radius 1 is 1.21 bits per heavy atom. The second-order valence-corrected chi connectivity index (χ2v) is 5.61. The summed E-state index contributed by atoms with van der Waals surface area (Å²) in [6.45, 7) is 1.42. The molecule has 0 radical (unpaired) electrons. The molecule has 0 spiro atoms. The van der Waals surface area contributed by atoms with Crippen LogP contribution in [0.5, 0.6) is 0 Å². The van der Waals surface area contributed by atoms with Crippen LogP contribution in [0.1, 0.15) is 10.6 Å². The fourth-order valence-electron chi connectivity index (χ4n) is 1.61. The van der Waals surface area contributed by atoms with Gasteiger partial charge in [-0.3, -0.25) is 10.1 Å². The molecule has 128 valence electrons. The highest BCUT2D eigenvalue weighted by Gasteiger charge is 2.35. The summed E-state index contributed by atoms with van der Waals surface area (Å²) in [4.78, 5) is 23.2. The SMILES string of the molecule is Cc1cccc(NC(=O)NCC(=O)Nc2nnc(C(F)(F)F)s2)c1. The molecule has 2 aromatic rings. The lowest BCUT2D eigenvalue weighted by Crippen LogP contribution is -2.35. The molecule has 3 N–H and O–H groups in total. The predicted octanol–water partition coefficient (Wildman–Crippen LogP) is 2.63. The number of carbonyl (C=O) groups excluding carboxylic acids is 2. The number of benzene rings is 1. The molecule has 1 aromatic carbocycles. The lowest BCUT2D eigenvalue weighted by molar-refractivity contribution is -0.138. The smallest absolute Gasteiger partial charge is 0.329 e. The van der Waals surface area contributed by atoms with Gasteiger partial charge >= 0.3 is 12.2 Å². The van der Waals surface area contributed by atoms with Crippen molar-refractivity contribution in [3.05, 3.63) is 34.8 Å². The van der Waals surface area contributed by atoms with E-state index in [-0.39, 0.29) is 16.5 Å². The van der Waals surface area contributed by atoms with E-state index in [1.54, 1.807) is 18.2 Å². The number of anilines is 2. The topological polar surface area (TPSA) is 96.0 Å². The van der Waals surface area contributed by atoms with Gasteiger partial charge in [0.25, 0.3) is 0 Å². The van der Waals surface area contributed by atoms with E-state index in [4.69, 9.17) is 0 Å². The van der Waals surface area contributed by atoms with Gasteiger partial charge in [-0.1, -0.05) is 23.5 Å². The maximum Gasteiger partial charge on any atom is 0.445 e. The largest absolute Gasteiger partial charge is 0.445 e.